The number of carbonyl (C=O) groups is 2. The van der Waals surface area contributed by atoms with Crippen molar-refractivity contribution in [1.29, 1.82) is 0 Å². The van der Waals surface area contributed by atoms with E-state index in [1.54, 1.807) is 0 Å². The van der Waals surface area contributed by atoms with E-state index in [1.165, 1.54) is 18.4 Å². The van der Waals surface area contributed by atoms with Gasteiger partial charge in [0.2, 0.25) is 5.91 Å². The highest BCUT2D eigenvalue weighted by Gasteiger charge is 2.32. The molecule has 1 amide bonds. The molecule has 36 heavy (non-hydrogen) atoms. The number of aromatic nitrogens is 1. The molecule has 1 heterocycles. The molecule has 2 aromatic carbocycles. The lowest BCUT2D eigenvalue weighted by atomic mass is 9.83. The fraction of sp³-hybridized carbons (Fsp3) is 0.387. The Morgan fingerprint density at radius 1 is 1.00 bits per heavy atom. The molecule has 2 aliphatic rings. The molecule has 1 aromatic heterocycles. The van der Waals surface area contributed by atoms with Crippen LogP contribution in [-0.2, 0) is 16.0 Å². The van der Waals surface area contributed by atoms with Crippen molar-refractivity contribution in [3.8, 4) is 11.1 Å². The van der Waals surface area contributed by atoms with Crippen LogP contribution < -0.4 is 5.32 Å². The molecule has 0 radical (unpaired) electrons. The lowest BCUT2D eigenvalue weighted by Crippen LogP contribution is -2.27. The Bertz CT molecular complexity index is 1240. The van der Waals surface area contributed by atoms with E-state index in [9.17, 15) is 9.59 Å². The summed E-state index contributed by atoms with van der Waals surface area (Å²) in [5.41, 5.74) is 7.29. The molecule has 0 unspecified atom stereocenters. The van der Waals surface area contributed by atoms with Gasteiger partial charge in [0.1, 0.15) is 0 Å². The van der Waals surface area contributed by atoms with Crippen LogP contribution in [0.5, 0.6) is 0 Å². The van der Waals surface area contributed by atoms with Crippen LogP contribution in [0.1, 0.15) is 79.0 Å². The normalized spacial score (nSPS) is 16.6. The van der Waals surface area contributed by atoms with Crippen LogP contribution in [0, 0.1) is 12.8 Å². The van der Waals surface area contributed by atoms with Crippen molar-refractivity contribution in [3.05, 3.63) is 83.2 Å². The molecule has 5 nitrogen and oxygen atoms in total. The van der Waals surface area contributed by atoms with Gasteiger partial charge >= 0.3 is 5.97 Å². The molecule has 2 saturated carbocycles. The van der Waals surface area contributed by atoms with E-state index in [1.807, 2.05) is 37.5 Å². The van der Waals surface area contributed by atoms with Gasteiger partial charge in [0.05, 0.1) is 5.92 Å². The number of carbonyl (C=O) groups excluding carboxylic acids is 1. The molecule has 186 valence electrons. The number of nitrogens with zero attached hydrogens (tertiary/aromatic N) is 1. The van der Waals surface area contributed by atoms with Crippen LogP contribution in [0.15, 0.2) is 60.9 Å². The summed E-state index contributed by atoms with van der Waals surface area (Å²) in [6.45, 7) is 1.95. The van der Waals surface area contributed by atoms with E-state index in [-0.39, 0.29) is 18.2 Å². The van der Waals surface area contributed by atoms with E-state index in [4.69, 9.17) is 5.11 Å². The Morgan fingerprint density at radius 3 is 2.44 bits per heavy atom. The molecule has 0 bridgehead atoms. The van der Waals surface area contributed by atoms with Crippen LogP contribution in [-0.4, -0.2) is 22.0 Å². The van der Waals surface area contributed by atoms with Crippen molar-refractivity contribution in [2.24, 2.45) is 5.92 Å². The first-order chi connectivity index (χ1) is 17.5. The third kappa shape index (κ3) is 5.51. The SMILES string of the molecule is Cc1c(CCC(=O)O)cccc1NC(=O)[C@@H](c1ccc(-c2cncc(C3CC3)c2)cc1)C1CCCC1. The minimum Gasteiger partial charge on any atom is -0.481 e. The number of amides is 1. The van der Waals surface area contributed by atoms with Crippen LogP contribution in [0.4, 0.5) is 5.69 Å². The van der Waals surface area contributed by atoms with Gasteiger partial charge in [-0.3, -0.25) is 14.6 Å². The number of benzene rings is 2. The number of hydrogen-bond acceptors (Lipinski definition) is 3. The number of aliphatic carboxylic acids is 1. The molecule has 2 aliphatic carbocycles. The number of rotatable bonds is 9. The summed E-state index contributed by atoms with van der Waals surface area (Å²) in [5.74, 6) is -0.0156. The average molecular weight is 483 g/mol. The van der Waals surface area contributed by atoms with E-state index in [0.29, 0.717) is 18.3 Å². The second-order valence-corrected chi connectivity index (χ2v) is 10.4. The monoisotopic (exact) mass is 482 g/mol. The molecule has 5 rings (SSSR count). The first kappa shape index (κ1) is 24.2. The summed E-state index contributed by atoms with van der Waals surface area (Å²) < 4.78 is 0. The molecular formula is C31H34N2O3. The van der Waals surface area contributed by atoms with Crippen LogP contribution >= 0.6 is 0 Å². The van der Waals surface area contributed by atoms with Gasteiger partial charge in [-0.25, -0.2) is 0 Å². The topological polar surface area (TPSA) is 79.3 Å². The number of nitrogens with one attached hydrogen (secondary N) is 1. The number of carboxylic acid groups (broad SMARTS) is 1. The third-order valence-corrected chi connectivity index (χ3v) is 7.88. The molecule has 0 saturated heterocycles. The van der Waals surface area contributed by atoms with Crippen LogP contribution in [0.25, 0.3) is 11.1 Å². The second-order valence-electron chi connectivity index (χ2n) is 10.4. The van der Waals surface area contributed by atoms with Crippen molar-refractivity contribution in [1.82, 2.24) is 4.98 Å². The van der Waals surface area contributed by atoms with Crippen molar-refractivity contribution in [2.75, 3.05) is 5.32 Å². The molecule has 0 aliphatic heterocycles. The standard InChI is InChI=1S/C31H34N2O3/c1-20-21(15-16-29(34)35)7-4-8-28(20)33-31(36)30(24-5-2-3-6-24)25-13-11-23(12-14-25)27-17-26(18-32-19-27)22-9-10-22/h4,7-8,11-14,17-19,22,24,30H,2-3,5-6,9-10,15-16H2,1H3,(H,33,36)(H,34,35)/t30-/m1/s1. The number of pyridine rings is 1. The number of aryl methyl sites for hydroxylation is 1. The Kier molecular flexibility index (Phi) is 7.17. The highest BCUT2D eigenvalue weighted by molar-refractivity contribution is 5.97. The first-order valence-corrected chi connectivity index (χ1v) is 13.2. The Labute approximate surface area is 213 Å². The van der Waals surface area contributed by atoms with Gasteiger partial charge in [-0.2, -0.15) is 0 Å². The Balaban J connectivity index is 1.37. The van der Waals surface area contributed by atoms with Gasteiger partial charge in [-0.05, 0) is 90.8 Å². The summed E-state index contributed by atoms with van der Waals surface area (Å²) in [4.78, 5) is 29.2. The lowest BCUT2D eigenvalue weighted by Gasteiger charge is -2.24. The third-order valence-electron chi connectivity index (χ3n) is 7.88. The predicted octanol–water partition coefficient (Wildman–Crippen LogP) is 6.86. The fourth-order valence-corrected chi connectivity index (χ4v) is 5.61. The van der Waals surface area contributed by atoms with Crippen LogP contribution in [0.2, 0.25) is 0 Å². The minimum atomic E-state index is -0.816. The highest BCUT2D eigenvalue weighted by atomic mass is 16.4. The van der Waals surface area contributed by atoms with E-state index in [0.717, 1.165) is 59.2 Å². The number of hydrogen-bond donors (Lipinski definition) is 2. The minimum absolute atomic E-state index is 0.0190. The van der Waals surface area contributed by atoms with Gasteiger partial charge in [0, 0.05) is 30.1 Å². The molecule has 5 heteroatoms. The zero-order chi connectivity index (χ0) is 25.1. The fourth-order valence-electron chi connectivity index (χ4n) is 5.61. The molecule has 2 fully saturated rings. The van der Waals surface area contributed by atoms with E-state index >= 15 is 0 Å². The molecule has 3 aromatic rings. The summed E-state index contributed by atoms with van der Waals surface area (Å²) >= 11 is 0. The summed E-state index contributed by atoms with van der Waals surface area (Å²) in [5, 5.41) is 12.3. The van der Waals surface area contributed by atoms with Crippen molar-refractivity contribution in [3.63, 3.8) is 0 Å². The van der Waals surface area contributed by atoms with Crippen LogP contribution in [0.3, 0.4) is 0 Å². The number of carboxylic acids is 1. The zero-order valence-corrected chi connectivity index (χ0v) is 20.9. The van der Waals surface area contributed by atoms with Gasteiger partial charge in [0.25, 0.3) is 0 Å². The summed E-state index contributed by atoms with van der Waals surface area (Å²) in [6, 6.07) is 16.5. The average Bonchev–Trinajstić information content (AvgIpc) is 3.61. The van der Waals surface area contributed by atoms with E-state index < -0.39 is 5.97 Å². The van der Waals surface area contributed by atoms with E-state index in [2.05, 4.69) is 40.6 Å². The predicted molar refractivity (Wildman–Crippen MR) is 142 cm³/mol. The number of anilines is 1. The molecular weight excluding hydrogens is 448 g/mol. The lowest BCUT2D eigenvalue weighted by molar-refractivity contribution is -0.137. The molecule has 1 atom stereocenters. The Hall–Kier alpha value is -3.47. The maximum absolute atomic E-state index is 13.7. The molecule has 0 spiro atoms. The molecule has 2 N–H and O–H groups in total. The zero-order valence-electron chi connectivity index (χ0n) is 20.9. The smallest absolute Gasteiger partial charge is 0.303 e. The van der Waals surface area contributed by atoms with Gasteiger partial charge < -0.3 is 10.4 Å². The second kappa shape index (κ2) is 10.7. The quantitative estimate of drug-likeness (QED) is 0.349. The summed E-state index contributed by atoms with van der Waals surface area (Å²) in [7, 11) is 0. The maximum Gasteiger partial charge on any atom is 0.303 e. The first-order valence-electron chi connectivity index (χ1n) is 13.2. The summed E-state index contributed by atoms with van der Waals surface area (Å²) in [6.07, 6.45) is 11.4. The highest BCUT2D eigenvalue weighted by Crippen LogP contribution is 2.41. The Morgan fingerprint density at radius 2 is 1.75 bits per heavy atom. The maximum atomic E-state index is 13.7. The van der Waals surface area contributed by atoms with Gasteiger partial charge in [-0.1, -0.05) is 49.2 Å². The van der Waals surface area contributed by atoms with Gasteiger partial charge in [-0.15, -0.1) is 0 Å². The largest absolute Gasteiger partial charge is 0.481 e. The van der Waals surface area contributed by atoms with Gasteiger partial charge in [0.15, 0.2) is 0 Å². The van der Waals surface area contributed by atoms with Crippen molar-refractivity contribution < 1.29 is 14.7 Å². The van der Waals surface area contributed by atoms with Crippen molar-refractivity contribution in [2.45, 2.75) is 70.1 Å². The van der Waals surface area contributed by atoms with Crippen molar-refractivity contribution >= 4 is 17.6 Å².